The number of hydrogen-bond donors (Lipinski definition) is 1. The second-order valence-corrected chi connectivity index (χ2v) is 5.38. The third kappa shape index (κ3) is 3.35. The summed E-state index contributed by atoms with van der Waals surface area (Å²) < 4.78 is 0. The molecule has 1 saturated heterocycles. The maximum absolute atomic E-state index is 12.1. The number of hydrogen-bond acceptors (Lipinski definition) is 2. The number of likely N-dealkylation sites (tertiary alicyclic amines) is 1. The van der Waals surface area contributed by atoms with Crippen LogP contribution in [0.25, 0.3) is 0 Å². The fraction of sp³-hybridized carbons (Fsp3) is 0.833. The summed E-state index contributed by atoms with van der Waals surface area (Å²) in [5, 5.41) is 9.02. The van der Waals surface area contributed by atoms with Crippen molar-refractivity contribution in [3.05, 3.63) is 0 Å². The third-order valence-corrected chi connectivity index (χ3v) is 3.17. The molecule has 17 heavy (non-hydrogen) atoms. The Kier molecular flexibility index (Phi) is 4.37. The molecule has 0 radical (unpaired) electrons. The van der Waals surface area contributed by atoms with E-state index in [1.807, 2.05) is 6.92 Å². The van der Waals surface area contributed by atoms with Gasteiger partial charge in [-0.15, -0.1) is 0 Å². The Balaban J connectivity index is 2.58. The molecule has 0 aromatic heterocycles. The summed E-state index contributed by atoms with van der Waals surface area (Å²) in [4.78, 5) is 26.3. The lowest BCUT2D eigenvalue weighted by Gasteiger charge is -2.25. The van der Waals surface area contributed by atoms with Gasteiger partial charge >= 0.3 is 12.0 Å². The zero-order valence-electron chi connectivity index (χ0n) is 11.0. The van der Waals surface area contributed by atoms with Gasteiger partial charge in [-0.05, 0) is 11.8 Å². The Morgan fingerprint density at radius 3 is 2.41 bits per heavy atom. The van der Waals surface area contributed by atoms with E-state index >= 15 is 0 Å². The summed E-state index contributed by atoms with van der Waals surface area (Å²) in [5.74, 6) is -0.783. The van der Waals surface area contributed by atoms with Gasteiger partial charge in [-0.1, -0.05) is 20.8 Å². The molecule has 2 amide bonds. The van der Waals surface area contributed by atoms with Gasteiger partial charge in [0.2, 0.25) is 0 Å². The van der Waals surface area contributed by atoms with Crippen molar-refractivity contribution in [1.29, 1.82) is 0 Å². The van der Waals surface area contributed by atoms with Crippen molar-refractivity contribution >= 4 is 12.0 Å². The van der Waals surface area contributed by atoms with Crippen LogP contribution < -0.4 is 0 Å². The van der Waals surface area contributed by atoms with Crippen LogP contribution in [0.1, 0.15) is 20.8 Å². The molecule has 1 fully saturated rings. The highest BCUT2D eigenvalue weighted by molar-refractivity contribution is 5.77. The Labute approximate surface area is 102 Å². The van der Waals surface area contributed by atoms with E-state index in [1.54, 1.807) is 16.8 Å². The third-order valence-electron chi connectivity index (χ3n) is 3.17. The number of aliphatic carboxylic acids is 1. The highest BCUT2D eigenvalue weighted by Crippen LogP contribution is 2.24. The maximum atomic E-state index is 12.1. The van der Waals surface area contributed by atoms with Gasteiger partial charge in [0.1, 0.15) is 0 Å². The number of carbonyl (C=O) groups excluding carboxylic acids is 1. The van der Waals surface area contributed by atoms with E-state index in [1.165, 1.54) is 0 Å². The first-order chi connectivity index (χ1) is 7.82. The van der Waals surface area contributed by atoms with E-state index in [2.05, 4.69) is 13.8 Å². The van der Waals surface area contributed by atoms with Crippen molar-refractivity contribution in [2.24, 2.45) is 17.8 Å². The molecule has 0 aliphatic carbocycles. The molecular formula is C12H22N2O3. The highest BCUT2D eigenvalue weighted by atomic mass is 16.4. The summed E-state index contributed by atoms with van der Waals surface area (Å²) in [6.07, 6.45) is 0. The molecule has 1 aliphatic heterocycles. The molecule has 5 nitrogen and oxygen atoms in total. The van der Waals surface area contributed by atoms with Crippen LogP contribution in [0.3, 0.4) is 0 Å². The van der Waals surface area contributed by atoms with E-state index in [0.717, 1.165) is 0 Å². The van der Waals surface area contributed by atoms with Crippen molar-refractivity contribution in [3.8, 4) is 0 Å². The Morgan fingerprint density at radius 1 is 1.41 bits per heavy atom. The van der Waals surface area contributed by atoms with Crippen LogP contribution in [-0.4, -0.2) is 53.6 Å². The quantitative estimate of drug-likeness (QED) is 0.812. The van der Waals surface area contributed by atoms with Crippen molar-refractivity contribution in [2.75, 3.05) is 26.7 Å². The van der Waals surface area contributed by atoms with Crippen LogP contribution >= 0.6 is 0 Å². The molecule has 0 aromatic rings. The molecule has 1 rings (SSSR count). The normalized spacial score (nSPS) is 24.2. The van der Waals surface area contributed by atoms with Gasteiger partial charge in [0, 0.05) is 26.7 Å². The minimum atomic E-state index is -0.806. The predicted octanol–water partition coefficient (Wildman–Crippen LogP) is 1.35. The summed E-state index contributed by atoms with van der Waals surface area (Å²) in [6.45, 7) is 7.55. The van der Waals surface area contributed by atoms with Crippen molar-refractivity contribution < 1.29 is 14.7 Å². The number of carboxylic acids is 1. The van der Waals surface area contributed by atoms with E-state index < -0.39 is 11.9 Å². The molecule has 0 aromatic carbocycles. The van der Waals surface area contributed by atoms with Gasteiger partial charge < -0.3 is 14.9 Å². The number of amides is 2. The minimum Gasteiger partial charge on any atom is -0.481 e. The van der Waals surface area contributed by atoms with Crippen molar-refractivity contribution in [2.45, 2.75) is 20.8 Å². The predicted molar refractivity (Wildman–Crippen MR) is 64.7 cm³/mol. The van der Waals surface area contributed by atoms with Crippen LogP contribution in [0.5, 0.6) is 0 Å². The highest BCUT2D eigenvalue weighted by Gasteiger charge is 2.37. The Morgan fingerprint density at radius 2 is 2.00 bits per heavy atom. The largest absolute Gasteiger partial charge is 0.481 e. The van der Waals surface area contributed by atoms with E-state index in [-0.39, 0.29) is 11.9 Å². The standard InChI is InChI=1S/C12H22N2O3/c1-8(2)5-13(4)12(17)14-6-9(3)10(7-14)11(15)16/h8-10H,5-7H2,1-4H3,(H,15,16)/t9-,10-/m1/s1. The summed E-state index contributed by atoms with van der Waals surface area (Å²) in [7, 11) is 1.76. The SMILES string of the molecule is CC(C)CN(C)C(=O)N1C[C@@H](C)[C@H](C(=O)O)C1. The Bertz CT molecular complexity index is 304. The average Bonchev–Trinajstić information content (AvgIpc) is 2.58. The number of nitrogens with zero attached hydrogens (tertiary/aromatic N) is 2. The second kappa shape index (κ2) is 5.38. The van der Waals surface area contributed by atoms with Crippen LogP contribution in [0.15, 0.2) is 0 Å². The second-order valence-electron chi connectivity index (χ2n) is 5.38. The number of carboxylic acid groups (broad SMARTS) is 1. The fourth-order valence-corrected chi connectivity index (χ4v) is 2.31. The molecule has 0 spiro atoms. The molecule has 98 valence electrons. The average molecular weight is 242 g/mol. The smallest absolute Gasteiger partial charge is 0.319 e. The van der Waals surface area contributed by atoms with Crippen molar-refractivity contribution in [1.82, 2.24) is 9.80 Å². The topological polar surface area (TPSA) is 60.9 Å². The number of carbonyl (C=O) groups is 2. The zero-order chi connectivity index (χ0) is 13.2. The van der Waals surface area contributed by atoms with E-state index in [0.29, 0.717) is 25.6 Å². The molecule has 0 saturated carbocycles. The van der Waals surface area contributed by atoms with Crippen LogP contribution in [-0.2, 0) is 4.79 Å². The summed E-state index contributed by atoms with van der Waals surface area (Å²) >= 11 is 0. The number of rotatable bonds is 3. The maximum Gasteiger partial charge on any atom is 0.319 e. The van der Waals surface area contributed by atoms with Gasteiger partial charge in [-0.25, -0.2) is 4.79 Å². The van der Waals surface area contributed by atoms with E-state index in [4.69, 9.17) is 5.11 Å². The summed E-state index contributed by atoms with van der Waals surface area (Å²) in [6, 6.07) is -0.0608. The fourth-order valence-electron chi connectivity index (χ4n) is 2.31. The van der Waals surface area contributed by atoms with Crippen molar-refractivity contribution in [3.63, 3.8) is 0 Å². The van der Waals surface area contributed by atoms with Gasteiger partial charge in [0.15, 0.2) is 0 Å². The van der Waals surface area contributed by atoms with E-state index in [9.17, 15) is 9.59 Å². The minimum absolute atomic E-state index is 0.0314. The lowest BCUT2D eigenvalue weighted by atomic mass is 9.99. The van der Waals surface area contributed by atoms with Crippen LogP contribution in [0.2, 0.25) is 0 Å². The molecule has 1 heterocycles. The molecule has 0 bridgehead atoms. The first-order valence-electron chi connectivity index (χ1n) is 6.05. The molecule has 0 unspecified atom stereocenters. The van der Waals surface area contributed by atoms with Gasteiger partial charge in [-0.2, -0.15) is 0 Å². The first-order valence-corrected chi connectivity index (χ1v) is 6.05. The lowest BCUT2D eigenvalue weighted by Crippen LogP contribution is -2.41. The molecule has 1 aliphatic rings. The van der Waals surface area contributed by atoms with Gasteiger partial charge in [0.25, 0.3) is 0 Å². The molecular weight excluding hydrogens is 220 g/mol. The Hall–Kier alpha value is -1.26. The monoisotopic (exact) mass is 242 g/mol. The zero-order valence-corrected chi connectivity index (χ0v) is 11.0. The van der Waals surface area contributed by atoms with Gasteiger partial charge in [0.05, 0.1) is 5.92 Å². The number of urea groups is 1. The molecule has 2 atom stereocenters. The molecule has 1 N–H and O–H groups in total. The van der Waals surface area contributed by atoms with Gasteiger partial charge in [-0.3, -0.25) is 4.79 Å². The van der Waals surface area contributed by atoms with Crippen LogP contribution in [0, 0.1) is 17.8 Å². The van der Waals surface area contributed by atoms with Crippen LogP contribution in [0.4, 0.5) is 4.79 Å². The lowest BCUT2D eigenvalue weighted by molar-refractivity contribution is -0.142. The first kappa shape index (κ1) is 13.8. The molecule has 5 heteroatoms. The summed E-state index contributed by atoms with van der Waals surface area (Å²) in [5.41, 5.74) is 0.